The van der Waals surface area contributed by atoms with Crippen molar-refractivity contribution in [1.82, 2.24) is 0 Å². The quantitative estimate of drug-likeness (QED) is 0.249. The standard InChI is InChI=1S/C20H21F6N3O2S.C2H6/c1-4-11-29(16-8-6-15(7-9-16)19(21,22)23)27-14(3)17-12-13(2)5-10-18(17)28-32(30,31)20(24,25)26;1-2/h5-10,12,28H,4,11H2,1-3H3;1-2H3/b27-14+;. The fourth-order valence-electron chi connectivity index (χ4n) is 2.76. The van der Waals surface area contributed by atoms with Gasteiger partial charge in [0.15, 0.2) is 0 Å². The molecule has 1 N–H and O–H groups in total. The summed E-state index contributed by atoms with van der Waals surface area (Å²) in [7, 11) is -5.65. The highest BCUT2D eigenvalue weighted by Crippen LogP contribution is 2.31. The summed E-state index contributed by atoms with van der Waals surface area (Å²) in [6.45, 7) is 9.25. The zero-order valence-corrected chi connectivity index (χ0v) is 20.2. The van der Waals surface area contributed by atoms with Crippen molar-refractivity contribution in [3.8, 4) is 0 Å². The van der Waals surface area contributed by atoms with Gasteiger partial charge in [-0.15, -0.1) is 0 Å². The molecule has 0 aliphatic carbocycles. The summed E-state index contributed by atoms with van der Waals surface area (Å²) in [5.74, 6) is 0. The van der Waals surface area contributed by atoms with E-state index in [-0.39, 0.29) is 17.0 Å². The van der Waals surface area contributed by atoms with Crippen LogP contribution in [0.2, 0.25) is 0 Å². The van der Waals surface area contributed by atoms with Crippen molar-refractivity contribution in [3.63, 3.8) is 0 Å². The molecule has 34 heavy (non-hydrogen) atoms. The van der Waals surface area contributed by atoms with Crippen molar-refractivity contribution >= 4 is 27.1 Å². The second-order valence-electron chi connectivity index (χ2n) is 6.95. The van der Waals surface area contributed by atoms with Gasteiger partial charge in [0, 0.05) is 12.1 Å². The van der Waals surface area contributed by atoms with E-state index in [1.807, 2.05) is 20.8 Å². The summed E-state index contributed by atoms with van der Waals surface area (Å²) >= 11 is 0. The maximum atomic E-state index is 12.8. The lowest BCUT2D eigenvalue weighted by Crippen LogP contribution is -2.30. The minimum Gasteiger partial charge on any atom is -0.275 e. The maximum Gasteiger partial charge on any atom is 0.516 e. The van der Waals surface area contributed by atoms with Gasteiger partial charge in [-0.3, -0.25) is 9.73 Å². The van der Waals surface area contributed by atoms with E-state index in [0.717, 1.165) is 12.1 Å². The van der Waals surface area contributed by atoms with Gasteiger partial charge in [-0.25, -0.2) is 0 Å². The largest absolute Gasteiger partial charge is 0.516 e. The number of halogens is 6. The number of nitrogens with zero attached hydrogens (tertiary/aromatic N) is 2. The van der Waals surface area contributed by atoms with E-state index >= 15 is 0 Å². The Morgan fingerprint density at radius 3 is 2.03 bits per heavy atom. The number of rotatable bonds is 7. The van der Waals surface area contributed by atoms with Crippen LogP contribution in [0.4, 0.5) is 37.7 Å². The molecule has 0 saturated carbocycles. The summed E-state index contributed by atoms with van der Waals surface area (Å²) < 4.78 is 102. The number of nitrogens with one attached hydrogen (secondary N) is 1. The summed E-state index contributed by atoms with van der Waals surface area (Å²) in [6, 6.07) is 8.36. The first-order valence-corrected chi connectivity index (χ1v) is 11.8. The van der Waals surface area contributed by atoms with Crippen LogP contribution in [0.25, 0.3) is 0 Å². The van der Waals surface area contributed by atoms with Gasteiger partial charge in [-0.1, -0.05) is 32.4 Å². The molecule has 12 heteroatoms. The highest BCUT2D eigenvalue weighted by molar-refractivity contribution is 7.93. The van der Waals surface area contributed by atoms with E-state index in [1.54, 1.807) is 6.92 Å². The Labute approximate surface area is 195 Å². The zero-order chi connectivity index (χ0) is 26.3. The molecular formula is C22H27F6N3O2S. The summed E-state index contributed by atoms with van der Waals surface area (Å²) in [5, 5.41) is 5.75. The molecule has 0 aromatic heterocycles. The monoisotopic (exact) mass is 511 g/mol. The molecule has 0 saturated heterocycles. The first-order valence-electron chi connectivity index (χ1n) is 10.4. The molecule has 0 radical (unpaired) electrons. The van der Waals surface area contributed by atoms with Gasteiger partial charge in [0.1, 0.15) is 0 Å². The lowest BCUT2D eigenvalue weighted by molar-refractivity contribution is -0.137. The van der Waals surface area contributed by atoms with E-state index in [0.29, 0.717) is 24.2 Å². The topological polar surface area (TPSA) is 61.8 Å². The molecule has 0 amide bonds. The molecule has 2 aromatic carbocycles. The van der Waals surface area contributed by atoms with Crippen LogP contribution in [0.3, 0.4) is 0 Å². The average Bonchev–Trinajstić information content (AvgIpc) is 2.74. The van der Waals surface area contributed by atoms with Crippen molar-refractivity contribution in [3.05, 3.63) is 59.2 Å². The first kappa shape index (κ1) is 29.3. The van der Waals surface area contributed by atoms with Crippen LogP contribution >= 0.6 is 0 Å². The fourth-order valence-corrected chi connectivity index (χ4v) is 3.34. The van der Waals surface area contributed by atoms with E-state index in [1.165, 1.54) is 47.0 Å². The van der Waals surface area contributed by atoms with E-state index < -0.39 is 27.3 Å². The third-order valence-electron chi connectivity index (χ3n) is 4.31. The Kier molecular flexibility index (Phi) is 9.97. The number of hydrogen-bond donors (Lipinski definition) is 1. The smallest absolute Gasteiger partial charge is 0.275 e. The van der Waals surface area contributed by atoms with Gasteiger partial charge in [-0.2, -0.15) is 39.9 Å². The van der Waals surface area contributed by atoms with E-state index in [4.69, 9.17) is 0 Å². The molecule has 0 aliphatic rings. The number of sulfonamides is 1. The number of benzene rings is 2. The van der Waals surface area contributed by atoms with Crippen LogP contribution in [0.1, 0.15) is 50.8 Å². The molecule has 0 aliphatic heterocycles. The van der Waals surface area contributed by atoms with Gasteiger partial charge >= 0.3 is 21.7 Å². The van der Waals surface area contributed by atoms with Crippen molar-refractivity contribution < 1.29 is 34.8 Å². The molecule has 2 aromatic rings. The number of anilines is 2. The van der Waals surface area contributed by atoms with Gasteiger partial charge in [0.05, 0.1) is 22.6 Å². The Hall–Kier alpha value is -2.76. The van der Waals surface area contributed by atoms with Crippen LogP contribution in [0, 0.1) is 6.92 Å². The highest BCUT2D eigenvalue weighted by atomic mass is 32.2. The minimum absolute atomic E-state index is 0.103. The maximum absolute atomic E-state index is 12.8. The third-order valence-corrected chi connectivity index (χ3v) is 5.41. The molecule has 0 spiro atoms. The van der Waals surface area contributed by atoms with Gasteiger partial charge < -0.3 is 0 Å². The number of alkyl halides is 6. The number of hydrogen-bond acceptors (Lipinski definition) is 4. The first-order chi connectivity index (χ1) is 15.7. The Morgan fingerprint density at radius 1 is 1.00 bits per heavy atom. The van der Waals surface area contributed by atoms with Crippen LogP contribution in [-0.4, -0.2) is 26.2 Å². The fraction of sp³-hybridized carbons (Fsp3) is 0.409. The molecule has 0 unspecified atom stereocenters. The van der Waals surface area contributed by atoms with Crippen LogP contribution < -0.4 is 9.73 Å². The molecule has 0 heterocycles. The van der Waals surface area contributed by atoms with Gasteiger partial charge in [-0.05, 0) is 56.7 Å². The Balaban J connectivity index is 0.00000281. The molecule has 0 atom stereocenters. The van der Waals surface area contributed by atoms with Gasteiger partial charge in [0.25, 0.3) is 0 Å². The van der Waals surface area contributed by atoms with Gasteiger partial charge in [0.2, 0.25) is 0 Å². The predicted octanol–water partition coefficient (Wildman–Crippen LogP) is 6.94. The molecule has 5 nitrogen and oxygen atoms in total. The summed E-state index contributed by atoms with van der Waals surface area (Å²) in [5.41, 5.74) is -5.41. The summed E-state index contributed by atoms with van der Waals surface area (Å²) in [4.78, 5) is 0. The molecule has 2 rings (SSSR count). The second-order valence-corrected chi connectivity index (χ2v) is 8.63. The SMILES string of the molecule is CC.CCCN(/N=C(\C)c1cc(C)ccc1NS(=O)(=O)C(F)(F)F)c1ccc(C(F)(F)F)cc1. The molecule has 0 bridgehead atoms. The predicted molar refractivity (Wildman–Crippen MR) is 122 cm³/mol. The van der Waals surface area contributed by atoms with Crippen LogP contribution in [0.5, 0.6) is 0 Å². The lowest BCUT2D eigenvalue weighted by atomic mass is 10.1. The van der Waals surface area contributed by atoms with Crippen molar-refractivity contribution in [2.24, 2.45) is 5.10 Å². The van der Waals surface area contributed by atoms with Crippen molar-refractivity contribution in [2.45, 2.75) is 52.7 Å². The van der Waals surface area contributed by atoms with E-state index in [2.05, 4.69) is 5.10 Å². The Bertz CT molecular complexity index is 1080. The lowest BCUT2D eigenvalue weighted by Gasteiger charge is -2.21. The number of aryl methyl sites for hydroxylation is 1. The molecule has 190 valence electrons. The molecule has 0 fully saturated rings. The zero-order valence-electron chi connectivity index (χ0n) is 19.3. The third kappa shape index (κ3) is 7.64. The van der Waals surface area contributed by atoms with Crippen LogP contribution in [0.15, 0.2) is 47.6 Å². The number of hydrazone groups is 1. The summed E-state index contributed by atoms with van der Waals surface area (Å²) in [6.07, 6.45) is -3.93. The van der Waals surface area contributed by atoms with Crippen LogP contribution in [-0.2, 0) is 16.2 Å². The average molecular weight is 512 g/mol. The second kappa shape index (κ2) is 11.6. The highest BCUT2D eigenvalue weighted by Gasteiger charge is 2.46. The molecular weight excluding hydrogens is 484 g/mol. The van der Waals surface area contributed by atoms with Crippen molar-refractivity contribution in [1.29, 1.82) is 0 Å². The van der Waals surface area contributed by atoms with E-state index in [9.17, 15) is 34.8 Å². The van der Waals surface area contributed by atoms with Crippen molar-refractivity contribution in [2.75, 3.05) is 16.3 Å². The normalized spacial score (nSPS) is 12.6. The Morgan fingerprint density at radius 2 is 1.56 bits per heavy atom. The minimum atomic E-state index is -5.65.